The smallest absolute Gasteiger partial charge is 0.135 e. The molecule has 0 aromatic heterocycles. The van der Waals surface area contributed by atoms with E-state index < -0.39 is 0 Å². The number of carbonyl (C=O) groups is 1. The van der Waals surface area contributed by atoms with Crippen LogP contribution in [0.25, 0.3) is 0 Å². The summed E-state index contributed by atoms with van der Waals surface area (Å²) in [6.45, 7) is 4.34. The lowest BCUT2D eigenvalue weighted by molar-refractivity contribution is -0.124. The van der Waals surface area contributed by atoms with Crippen LogP contribution < -0.4 is 5.73 Å². The zero-order valence-electron chi connectivity index (χ0n) is 9.46. The second kappa shape index (κ2) is 5.50. The lowest BCUT2D eigenvalue weighted by Crippen LogP contribution is -2.29. The molecule has 0 amide bonds. The molecule has 2 N–H and O–H groups in total. The van der Waals surface area contributed by atoms with Crippen LogP contribution in [0, 0.1) is 11.8 Å². The molecule has 0 radical (unpaired) electrons. The van der Waals surface area contributed by atoms with E-state index in [1.807, 2.05) is 0 Å². The highest BCUT2D eigenvalue weighted by molar-refractivity contribution is 5.81. The van der Waals surface area contributed by atoms with Gasteiger partial charge in [-0.1, -0.05) is 13.8 Å². The summed E-state index contributed by atoms with van der Waals surface area (Å²) >= 11 is 0. The fraction of sp³-hybridized carbons (Fsp3) is 0.917. The summed E-state index contributed by atoms with van der Waals surface area (Å²) in [5, 5.41) is 0. The Morgan fingerprint density at radius 2 is 1.86 bits per heavy atom. The summed E-state index contributed by atoms with van der Waals surface area (Å²) in [6.07, 6.45) is 5.95. The predicted octanol–water partition coefficient (Wildman–Crippen LogP) is 2.51. The van der Waals surface area contributed by atoms with E-state index in [1.54, 1.807) is 0 Å². The molecule has 0 aromatic carbocycles. The predicted molar refractivity (Wildman–Crippen MR) is 59.0 cm³/mol. The van der Waals surface area contributed by atoms with E-state index in [1.165, 1.54) is 0 Å². The van der Waals surface area contributed by atoms with Gasteiger partial charge in [0.1, 0.15) is 5.78 Å². The largest absolute Gasteiger partial charge is 0.328 e. The van der Waals surface area contributed by atoms with Crippen LogP contribution in [0.3, 0.4) is 0 Å². The van der Waals surface area contributed by atoms with E-state index >= 15 is 0 Å². The number of nitrogens with two attached hydrogens (primary N) is 1. The van der Waals surface area contributed by atoms with Gasteiger partial charge in [0.2, 0.25) is 0 Å². The van der Waals surface area contributed by atoms with Crippen molar-refractivity contribution in [2.24, 2.45) is 17.6 Å². The van der Waals surface area contributed by atoms with Crippen LogP contribution in [0.1, 0.15) is 52.4 Å². The second-order valence-electron chi connectivity index (χ2n) is 5.01. The van der Waals surface area contributed by atoms with Gasteiger partial charge in [0.05, 0.1) is 0 Å². The lowest BCUT2D eigenvalue weighted by atomic mass is 9.82. The van der Waals surface area contributed by atoms with Crippen molar-refractivity contribution in [1.82, 2.24) is 0 Å². The minimum absolute atomic E-state index is 0.327. The zero-order chi connectivity index (χ0) is 10.6. The van der Waals surface area contributed by atoms with Crippen LogP contribution in [0.5, 0.6) is 0 Å². The molecular formula is C12H23NO. The van der Waals surface area contributed by atoms with E-state index in [0.29, 0.717) is 23.7 Å². The lowest BCUT2D eigenvalue weighted by Gasteiger charge is -2.25. The fourth-order valence-electron chi connectivity index (χ4n) is 2.08. The number of Topliss-reactive ketones (excluding diaryl/α,β-unsaturated/α-hetero) is 1. The number of hydrogen-bond donors (Lipinski definition) is 1. The molecule has 0 aromatic rings. The molecule has 0 atom stereocenters. The number of ketones is 1. The molecule has 2 nitrogen and oxygen atoms in total. The highest BCUT2D eigenvalue weighted by Gasteiger charge is 2.23. The van der Waals surface area contributed by atoms with Crippen molar-refractivity contribution in [2.75, 3.05) is 0 Å². The highest BCUT2D eigenvalue weighted by Crippen LogP contribution is 2.25. The summed E-state index contributed by atoms with van der Waals surface area (Å²) in [4.78, 5) is 11.8. The number of carbonyl (C=O) groups excluding carboxylic acids is 1. The first-order valence-electron chi connectivity index (χ1n) is 5.88. The minimum atomic E-state index is 0.327. The van der Waals surface area contributed by atoms with Crippen LogP contribution in [0.2, 0.25) is 0 Å². The summed E-state index contributed by atoms with van der Waals surface area (Å²) in [5.41, 5.74) is 5.81. The van der Waals surface area contributed by atoms with Gasteiger partial charge in [-0.2, -0.15) is 0 Å². The van der Waals surface area contributed by atoms with Crippen molar-refractivity contribution in [3.63, 3.8) is 0 Å². The molecule has 1 aliphatic rings. The van der Waals surface area contributed by atoms with Crippen LogP contribution in [0.15, 0.2) is 0 Å². The van der Waals surface area contributed by atoms with E-state index in [-0.39, 0.29) is 0 Å². The Morgan fingerprint density at radius 3 is 2.36 bits per heavy atom. The van der Waals surface area contributed by atoms with Gasteiger partial charge in [-0.15, -0.1) is 0 Å². The fourth-order valence-corrected chi connectivity index (χ4v) is 2.08. The van der Waals surface area contributed by atoms with Crippen molar-refractivity contribution in [1.29, 1.82) is 0 Å². The molecule has 0 aliphatic heterocycles. The van der Waals surface area contributed by atoms with Crippen molar-refractivity contribution in [3.05, 3.63) is 0 Å². The molecule has 1 fully saturated rings. The van der Waals surface area contributed by atoms with Crippen molar-refractivity contribution < 1.29 is 4.79 Å². The summed E-state index contributed by atoms with van der Waals surface area (Å²) in [5.74, 6) is 1.45. The molecule has 1 aliphatic carbocycles. The third-order valence-electron chi connectivity index (χ3n) is 3.20. The number of rotatable bonds is 4. The third kappa shape index (κ3) is 3.79. The first-order valence-corrected chi connectivity index (χ1v) is 5.88. The maximum atomic E-state index is 11.8. The van der Waals surface area contributed by atoms with Crippen molar-refractivity contribution >= 4 is 5.78 Å². The quantitative estimate of drug-likeness (QED) is 0.752. The summed E-state index contributed by atoms with van der Waals surface area (Å²) < 4.78 is 0. The Kier molecular flexibility index (Phi) is 4.59. The van der Waals surface area contributed by atoms with E-state index in [4.69, 9.17) is 5.73 Å². The normalized spacial score (nSPS) is 28.0. The maximum Gasteiger partial charge on any atom is 0.135 e. The van der Waals surface area contributed by atoms with Crippen LogP contribution in [-0.4, -0.2) is 11.8 Å². The molecule has 0 spiro atoms. The molecule has 1 rings (SSSR count). The van der Waals surface area contributed by atoms with Gasteiger partial charge in [-0.25, -0.2) is 0 Å². The summed E-state index contributed by atoms with van der Waals surface area (Å²) in [7, 11) is 0. The molecule has 0 unspecified atom stereocenters. The molecule has 2 heteroatoms. The van der Waals surface area contributed by atoms with Crippen molar-refractivity contribution in [2.45, 2.75) is 58.4 Å². The van der Waals surface area contributed by atoms with Crippen LogP contribution in [-0.2, 0) is 4.79 Å². The molecule has 0 heterocycles. The molecule has 0 bridgehead atoms. The van der Waals surface area contributed by atoms with Gasteiger partial charge >= 0.3 is 0 Å². The highest BCUT2D eigenvalue weighted by atomic mass is 16.1. The van der Waals surface area contributed by atoms with E-state index in [0.717, 1.165) is 38.5 Å². The van der Waals surface area contributed by atoms with Gasteiger partial charge in [-0.3, -0.25) is 4.79 Å². The minimum Gasteiger partial charge on any atom is -0.328 e. The Balaban J connectivity index is 2.24. The first kappa shape index (κ1) is 11.7. The Hall–Kier alpha value is -0.370. The molecule has 1 saturated carbocycles. The monoisotopic (exact) mass is 197 g/mol. The molecular weight excluding hydrogens is 174 g/mol. The van der Waals surface area contributed by atoms with Gasteiger partial charge in [0.15, 0.2) is 0 Å². The average Bonchev–Trinajstić information content (AvgIpc) is 2.15. The molecule has 82 valence electrons. The van der Waals surface area contributed by atoms with Gasteiger partial charge in [0.25, 0.3) is 0 Å². The number of hydrogen-bond acceptors (Lipinski definition) is 2. The van der Waals surface area contributed by atoms with E-state index in [9.17, 15) is 4.79 Å². The Bertz CT molecular complexity index is 181. The van der Waals surface area contributed by atoms with Crippen molar-refractivity contribution in [3.8, 4) is 0 Å². The van der Waals surface area contributed by atoms with Gasteiger partial charge < -0.3 is 5.73 Å². The molecule has 0 saturated heterocycles. The molecule has 14 heavy (non-hydrogen) atoms. The van der Waals surface area contributed by atoms with Gasteiger partial charge in [-0.05, 0) is 38.0 Å². The zero-order valence-corrected chi connectivity index (χ0v) is 9.46. The van der Waals surface area contributed by atoms with Gasteiger partial charge in [0, 0.05) is 18.4 Å². The SMILES string of the molecule is CC(C)CCC(=O)C1CCC(N)CC1. The summed E-state index contributed by atoms with van der Waals surface area (Å²) in [6, 6.07) is 0.351. The van der Waals surface area contributed by atoms with E-state index in [2.05, 4.69) is 13.8 Å². The standard InChI is InChI=1S/C12H23NO/c1-9(2)3-8-12(14)10-4-6-11(13)7-5-10/h9-11H,3-8,13H2,1-2H3. The average molecular weight is 197 g/mol. The van der Waals surface area contributed by atoms with Crippen LogP contribution >= 0.6 is 0 Å². The first-order chi connectivity index (χ1) is 6.59. The van der Waals surface area contributed by atoms with Crippen LogP contribution in [0.4, 0.5) is 0 Å². The maximum absolute atomic E-state index is 11.8. The third-order valence-corrected chi connectivity index (χ3v) is 3.20. The second-order valence-corrected chi connectivity index (χ2v) is 5.01. The Morgan fingerprint density at radius 1 is 1.29 bits per heavy atom. The topological polar surface area (TPSA) is 43.1 Å². The Labute approximate surface area is 87.2 Å².